The first kappa shape index (κ1) is 15.5. The highest BCUT2D eigenvalue weighted by molar-refractivity contribution is 9.10. The third-order valence-electron chi connectivity index (χ3n) is 3.52. The molecule has 116 valence electrons. The number of nitrogens with zero attached hydrogens (tertiary/aromatic N) is 1. The molecule has 0 radical (unpaired) electrons. The number of fused-ring (bicyclic) bond motifs is 1. The first-order valence-electron chi connectivity index (χ1n) is 7.27. The monoisotopic (exact) mass is 369 g/mol. The van der Waals surface area contributed by atoms with Crippen LogP contribution < -0.4 is 10.6 Å². The van der Waals surface area contributed by atoms with Gasteiger partial charge in [-0.25, -0.2) is 0 Å². The lowest BCUT2D eigenvalue weighted by molar-refractivity contribution is -0.114. The van der Waals surface area contributed by atoms with Gasteiger partial charge in [-0.1, -0.05) is 34.1 Å². The molecule has 3 aromatic rings. The van der Waals surface area contributed by atoms with E-state index in [9.17, 15) is 4.79 Å². The van der Waals surface area contributed by atoms with E-state index in [0.717, 1.165) is 32.3 Å². The second-order valence-electron chi connectivity index (χ2n) is 5.25. The Labute approximate surface area is 143 Å². The van der Waals surface area contributed by atoms with Gasteiger partial charge in [0.25, 0.3) is 0 Å². The molecule has 1 amide bonds. The molecule has 0 unspecified atom stereocenters. The Kier molecular flexibility index (Phi) is 4.57. The van der Waals surface area contributed by atoms with Crippen LogP contribution in [0.2, 0.25) is 0 Å². The molecule has 0 fully saturated rings. The number of aryl methyl sites for hydroxylation is 1. The van der Waals surface area contributed by atoms with E-state index in [1.807, 2.05) is 55.5 Å². The van der Waals surface area contributed by atoms with E-state index < -0.39 is 0 Å². The lowest BCUT2D eigenvalue weighted by Crippen LogP contribution is -2.22. The van der Waals surface area contributed by atoms with Crippen LogP contribution >= 0.6 is 15.9 Å². The van der Waals surface area contributed by atoms with Crippen molar-refractivity contribution in [3.05, 3.63) is 64.8 Å². The quantitative estimate of drug-likeness (QED) is 0.718. The minimum Gasteiger partial charge on any atom is -0.376 e. The number of para-hydroxylation sites is 1. The molecule has 0 aliphatic heterocycles. The fourth-order valence-corrected chi connectivity index (χ4v) is 2.58. The zero-order chi connectivity index (χ0) is 16.2. The Morgan fingerprint density at radius 3 is 2.83 bits per heavy atom. The second kappa shape index (κ2) is 6.79. The van der Waals surface area contributed by atoms with E-state index in [-0.39, 0.29) is 12.5 Å². The van der Waals surface area contributed by atoms with Gasteiger partial charge >= 0.3 is 0 Å². The van der Waals surface area contributed by atoms with E-state index in [1.165, 1.54) is 0 Å². The Bertz CT molecular complexity index is 859. The standard InChI is InChI=1S/C18H16BrN3O/c1-12-10-14(7-8-15(12)19)21-11-17(23)22-16-6-2-4-13-5-3-9-20-18(13)16/h2-10,21H,11H2,1H3,(H,22,23). The van der Waals surface area contributed by atoms with Crippen LogP contribution in [0.5, 0.6) is 0 Å². The first-order chi connectivity index (χ1) is 11.1. The summed E-state index contributed by atoms with van der Waals surface area (Å²) in [5, 5.41) is 7.04. The van der Waals surface area contributed by atoms with Gasteiger partial charge in [-0.15, -0.1) is 0 Å². The molecule has 5 heteroatoms. The van der Waals surface area contributed by atoms with Gasteiger partial charge in [0, 0.05) is 21.7 Å². The number of hydrogen-bond donors (Lipinski definition) is 2. The van der Waals surface area contributed by atoms with Crippen LogP contribution in [0.4, 0.5) is 11.4 Å². The lowest BCUT2D eigenvalue weighted by atomic mass is 10.2. The molecule has 4 nitrogen and oxygen atoms in total. The fourth-order valence-electron chi connectivity index (χ4n) is 2.34. The van der Waals surface area contributed by atoms with E-state index in [1.54, 1.807) is 6.20 Å². The summed E-state index contributed by atoms with van der Waals surface area (Å²) in [4.78, 5) is 16.5. The number of carbonyl (C=O) groups is 1. The molecule has 1 heterocycles. The summed E-state index contributed by atoms with van der Waals surface area (Å²) >= 11 is 3.46. The number of halogens is 1. The Balaban J connectivity index is 1.68. The van der Waals surface area contributed by atoms with Crippen LogP contribution in [-0.2, 0) is 4.79 Å². The van der Waals surface area contributed by atoms with Gasteiger partial charge in [0.2, 0.25) is 5.91 Å². The van der Waals surface area contributed by atoms with Crippen molar-refractivity contribution in [2.45, 2.75) is 6.92 Å². The average molecular weight is 370 g/mol. The Morgan fingerprint density at radius 1 is 1.17 bits per heavy atom. The van der Waals surface area contributed by atoms with Crippen molar-refractivity contribution in [2.75, 3.05) is 17.2 Å². The van der Waals surface area contributed by atoms with E-state index in [4.69, 9.17) is 0 Å². The molecule has 0 aliphatic carbocycles. The van der Waals surface area contributed by atoms with E-state index in [2.05, 4.69) is 31.5 Å². The lowest BCUT2D eigenvalue weighted by Gasteiger charge is -2.10. The minimum absolute atomic E-state index is 0.108. The van der Waals surface area contributed by atoms with Gasteiger partial charge in [-0.3, -0.25) is 9.78 Å². The second-order valence-corrected chi connectivity index (χ2v) is 6.10. The van der Waals surface area contributed by atoms with Gasteiger partial charge in [-0.2, -0.15) is 0 Å². The van der Waals surface area contributed by atoms with Crippen molar-refractivity contribution in [1.82, 2.24) is 4.98 Å². The van der Waals surface area contributed by atoms with Crippen LogP contribution in [0.15, 0.2) is 59.2 Å². The number of rotatable bonds is 4. The van der Waals surface area contributed by atoms with E-state index >= 15 is 0 Å². The number of pyridine rings is 1. The van der Waals surface area contributed by atoms with Gasteiger partial charge in [0.15, 0.2) is 0 Å². The first-order valence-corrected chi connectivity index (χ1v) is 8.06. The van der Waals surface area contributed by atoms with Crippen molar-refractivity contribution < 1.29 is 4.79 Å². The number of hydrogen-bond acceptors (Lipinski definition) is 3. The maximum absolute atomic E-state index is 12.2. The predicted molar refractivity (Wildman–Crippen MR) is 97.7 cm³/mol. The van der Waals surface area contributed by atoms with Crippen LogP contribution in [0.3, 0.4) is 0 Å². The van der Waals surface area contributed by atoms with Crippen LogP contribution in [-0.4, -0.2) is 17.4 Å². The zero-order valence-corrected chi connectivity index (χ0v) is 14.2. The summed E-state index contributed by atoms with van der Waals surface area (Å²) in [5.74, 6) is -0.108. The highest BCUT2D eigenvalue weighted by Crippen LogP contribution is 2.21. The van der Waals surface area contributed by atoms with Gasteiger partial charge in [-0.05, 0) is 42.8 Å². The summed E-state index contributed by atoms with van der Waals surface area (Å²) in [7, 11) is 0. The third-order valence-corrected chi connectivity index (χ3v) is 4.41. The zero-order valence-electron chi connectivity index (χ0n) is 12.6. The normalized spacial score (nSPS) is 10.5. The smallest absolute Gasteiger partial charge is 0.243 e. The number of amides is 1. The molecule has 2 aromatic carbocycles. The molecule has 0 bridgehead atoms. The van der Waals surface area contributed by atoms with E-state index in [0.29, 0.717) is 0 Å². The number of carbonyl (C=O) groups excluding carboxylic acids is 1. The SMILES string of the molecule is Cc1cc(NCC(=O)Nc2cccc3cccnc23)ccc1Br. The van der Waals surface area contributed by atoms with Crippen LogP contribution in [0, 0.1) is 6.92 Å². The molecule has 0 atom stereocenters. The molecule has 2 N–H and O–H groups in total. The van der Waals surface area contributed by atoms with Crippen molar-refractivity contribution in [3.63, 3.8) is 0 Å². The summed E-state index contributed by atoms with van der Waals surface area (Å²) in [6.45, 7) is 2.21. The summed E-state index contributed by atoms with van der Waals surface area (Å²) in [6, 6.07) is 15.5. The molecule has 23 heavy (non-hydrogen) atoms. The van der Waals surface area contributed by atoms with Gasteiger partial charge in [0.1, 0.15) is 0 Å². The van der Waals surface area contributed by atoms with Crippen LogP contribution in [0.1, 0.15) is 5.56 Å². The number of aromatic nitrogens is 1. The highest BCUT2D eigenvalue weighted by atomic mass is 79.9. The molecule has 0 aliphatic rings. The minimum atomic E-state index is -0.108. The fraction of sp³-hybridized carbons (Fsp3) is 0.111. The number of anilines is 2. The van der Waals surface area contributed by atoms with Crippen molar-refractivity contribution in [2.24, 2.45) is 0 Å². The highest BCUT2D eigenvalue weighted by Gasteiger charge is 2.06. The number of nitrogens with one attached hydrogen (secondary N) is 2. The van der Waals surface area contributed by atoms with Gasteiger partial charge < -0.3 is 10.6 Å². The van der Waals surface area contributed by atoms with Crippen molar-refractivity contribution in [1.29, 1.82) is 0 Å². The van der Waals surface area contributed by atoms with Gasteiger partial charge in [0.05, 0.1) is 17.7 Å². The Morgan fingerprint density at radius 2 is 2.00 bits per heavy atom. The largest absolute Gasteiger partial charge is 0.376 e. The summed E-state index contributed by atoms with van der Waals surface area (Å²) in [5.41, 5.74) is 3.55. The molecular weight excluding hydrogens is 354 g/mol. The molecular formula is C18H16BrN3O. The van der Waals surface area contributed by atoms with Crippen molar-refractivity contribution in [3.8, 4) is 0 Å². The number of benzene rings is 2. The predicted octanol–water partition coefficient (Wildman–Crippen LogP) is 4.36. The molecule has 0 saturated carbocycles. The average Bonchev–Trinajstić information content (AvgIpc) is 2.56. The molecule has 0 saturated heterocycles. The molecule has 0 spiro atoms. The molecule has 3 rings (SSSR count). The summed E-state index contributed by atoms with van der Waals surface area (Å²) < 4.78 is 1.05. The van der Waals surface area contributed by atoms with Crippen molar-refractivity contribution >= 4 is 44.1 Å². The third kappa shape index (κ3) is 3.68. The van der Waals surface area contributed by atoms with Crippen LogP contribution in [0.25, 0.3) is 10.9 Å². The molecule has 1 aromatic heterocycles. The maximum atomic E-state index is 12.2. The maximum Gasteiger partial charge on any atom is 0.243 e. The topological polar surface area (TPSA) is 54.0 Å². The summed E-state index contributed by atoms with van der Waals surface area (Å²) in [6.07, 6.45) is 1.72. The Hall–Kier alpha value is -2.40.